The van der Waals surface area contributed by atoms with E-state index in [0.29, 0.717) is 35.0 Å². The lowest BCUT2D eigenvalue weighted by molar-refractivity contribution is 0.0600. The van der Waals surface area contributed by atoms with Crippen LogP contribution in [0.15, 0.2) is 59.4 Å². The molecule has 1 heterocycles. The Morgan fingerprint density at radius 3 is 2.39 bits per heavy atom. The second kappa shape index (κ2) is 10.3. The summed E-state index contributed by atoms with van der Waals surface area (Å²) in [5.74, 6) is 0.316. The van der Waals surface area contributed by atoms with Crippen molar-refractivity contribution >= 4 is 41.3 Å². The van der Waals surface area contributed by atoms with Crippen LogP contribution in [0.3, 0.4) is 0 Å². The molecule has 0 bridgehead atoms. The molecule has 1 aromatic heterocycles. The summed E-state index contributed by atoms with van der Waals surface area (Å²) in [5.41, 5.74) is 2.50. The number of aromatic nitrogens is 1. The van der Waals surface area contributed by atoms with Gasteiger partial charge in [0.1, 0.15) is 10.8 Å². The van der Waals surface area contributed by atoms with Crippen molar-refractivity contribution in [3.8, 4) is 5.75 Å². The number of pyridine rings is 1. The van der Waals surface area contributed by atoms with Crippen LogP contribution in [0, 0.1) is 0 Å². The maximum atomic E-state index is 12.7. The molecule has 0 saturated heterocycles. The Labute approximate surface area is 190 Å². The highest BCUT2D eigenvalue weighted by Gasteiger charge is 2.12. The molecule has 0 aliphatic rings. The van der Waals surface area contributed by atoms with Crippen LogP contribution in [0.4, 0.5) is 0 Å². The summed E-state index contributed by atoms with van der Waals surface area (Å²) in [6.07, 6.45) is 4.17. The van der Waals surface area contributed by atoms with Crippen LogP contribution in [0.25, 0.3) is 12.2 Å². The number of hydrogen-bond donors (Lipinski definition) is 0. The Kier molecular flexibility index (Phi) is 7.55. The minimum absolute atomic E-state index is 0.0560. The number of methoxy groups -OCH3 is 2. The number of carbonyl (C=O) groups is 1. The fourth-order valence-electron chi connectivity index (χ4n) is 3.14. The van der Waals surface area contributed by atoms with E-state index >= 15 is 0 Å². The predicted molar refractivity (Wildman–Crippen MR) is 124 cm³/mol. The third-order valence-corrected chi connectivity index (χ3v) is 5.37. The van der Waals surface area contributed by atoms with E-state index in [0.717, 1.165) is 11.1 Å². The Bertz CT molecular complexity index is 1170. The van der Waals surface area contributed by atoms with Crippen molar-refractivity contribution in [3.63, 3.8) is 0 Å². The summed E-state index contributed by atoms with van der Waals surface area (Å²) < 4.78 is 11.6. The number of halogens is 2. The Morgan fingerprint density at radius 2 is 1.71 bits per heavy atom. The number of nitrogens with zero attached hydrogens (tertiary/aromatic N) is 1. The fraction of sp³-hybridized carbons (Fsp3) is 0.167. The number of carbonyl (C=O) groups excluding carboxylic acids is 1. The van der Waals surface area contributed by atoms with Crippen molar-refractivity contribution in [1.82, 2.24) is 4.57 Å². The highest BCUT2D eigenvalue weighted by Crippen LogP contribution is 2.24. The molecule has 0 radical (unpaired) electrons. The van der Waals surface area contributed by atoms with E-state index in [1.807, 2.05) is 42.5 Å². The number of ether oxygens (including phenoxy) is 2. The van der Waals surface area contributed by atoms with Crippen LogP contribution in [-0.2, 0) is 17.7 Å². The van der Waals surface area contributed by atoms with Gasteiger partial charge < -0.3 is 14.0 Å². The van der Waals surface area contributed by atoms with Gasteiger partial charge in [-0.25, -0.2) is 4.79 Å². The zero-order valence-electron chi connectivity index (χ0n) is 17.1. The third kappa shape index (κ3) is 5.37. The van der Waals surface area contributed by atoms with Crippen LogP contribution in [0.2, 0.25) is 10.0 Å². The van der Waals surface area contributed by atoms with Gasteiger partial charge in [-0.05, 0) is 48.4 Å². The molecule has 0 aliphatic carbocycles. The van der Waals surface area contributed by atoms with Crippen LogP contribution >= 0.6 is 23.2 Å². The van der Waals surface area contributed by atoms with Gasteiger partial charge in [0.2, 0.25) is 0 Å². The summed E-state index contributed by atoms with van der Waals surface area (Å²) >= 11 is 12.5. The molecular formula is C24H21Cl2NO4. The lowest BCUT2D eigenvalue weighted by atomic mass is 10.1. The lowest BCUT2D eigenvalue weighted by Gasteiger charge is -2.13. The number of esters is 1. The van der Waals surface area contributed by atoms with Crippen molar-refractivity contribution in [2.45, 2.75) is 13.0 Å². The first kappa shape index (κ1) is 22.7. The van der Waals surface area contributed by atoms with E-state index in [4.69, 9.17) is 32.7 Å². The molecule has 3 aromatic rings. The standard InChI is InChI=1S/C24H21Cl2NO4/c1-30-22-6-4-3-5-17(22)11-12-21-19(25)15-20(26)23(28)27(21)14-13-16-7-9-18(10-8-16)24(29)31-2/h3-12,15H,13-14H2,1-2H3/b12-11+. The molecule has 0 amide bonds. The minimum Gasteiger partial charge on any atom is -0.496 e. The Hall–Kier alpha value is -3.02. The SMILES string of the molecule is COC(=O)c1ccc(CCn2c(/C=C/c3ccccc3OC)c(Cl)cc(Cl)c2=O)cc1. The highest BCUT2D eigenvalue weighted by molar-refractivity contribution is 6.35. The summed E-state index contributed by atoms with van der Waals surface area (Å²) in [6, 6.07) is 16.0. The quantitative estimate of drug-likeness (QED) is 0.447. The van der Waals surface area contributed by atoms with Crippen LogP contribution < -0.4 is 10.3 Å². The molecule has 2 aromatic carbocycles. The molecule has 31 heavy (non-hydrogen) atoms. The smallest absolute Gasteiger partial charge is 0.337 e. The van der Waals surface area contributed by atoms with Crippen molar-refractivity contribution in [2.75, 3.05) is 14.2 Å². The van der Waals surface area contributed by atoms with E-state index in [1.54, 1.807) is 29.9 Å². The van der Waals surface area contributed by atoms with Crippen molar-refractivity contribution in [1.29, 1.82) is 0 Å². The first-order chi connectivity index (χ1) is 14.9. The fourth-order valence-corrected chi connectivity index (χ4v) is 3.69. The molecular weight excluding hydrogens is 437 g/mol. The zero-order chi connectivity index (χ0) is 22.4. The van der Waals surface area contributed by atoms with Gasteiger partial charge in [0.15, 0.2) is 0 Å². The van der Waals surface area contributed by atoms with Crippen LogP contribution in [0.1, 0.15) is 27.2 Å². The summed E-state index contributed by atoms with van der Waals surface area (Å²) in [7, 11) is 2.94. The van der Waals surface area contributed by atoms with E-state index in [2.05, 4.69) is 0 Å². The van der Waals surface area contributed by atoms with Crippen molar-refractivity contribution in [2.24, 2.45) is 0 Å². The molecule has 3 rings (SSSR count). The van der Waals surface area contributed by atoms with E-state index in [1.165, 1.54) is 13.2 Å². The number of para-hydroxylation sites is 1. The van der Waals surface area contributed by atoms with Crippen LogP contribution in [-0.4, -0.2) is 24.8 Å². The van der Waals surface area contributed by atoms with Gasteiger partial charge in [0.05, 0.1) is 30.5 Å². The van der Waals surface area contributed by atoms with Gasteiger partial charge in [-0.3, -0.25) is 4.79 Å². The molecule has 0 fully saturated rings. The van der Waals surface area contributed by atoms with E-state index in [-0.39, 0.29) is 10.6 Å². The number of hydrogen-bond acceptors (Lipinski definition) is 4. The maximum Gasteiger partial charge on any atom is 0.337 e. The number of aryl methyl sites for hydroxylation is 1. The van der Waals surface area contributed by atoms with Gasteiger partial charge >= 0.3 is 5.97 Å². The molecule has 0 atom stereocenters. The molecule has 0 saturated carbocycles. The highest BCUT2D eigenvalue weighted by atomic mass is 35.5. The van der Waals surface area contributed by atoms with Crippen molar-refractivity contribution < 1.29 is 14.3 Å². The molecule has 0 spiro atoms. The third-order valence-electron chi connectivity index (χ3n) is 4.80. The Balaban J connectivity index is 1.90. The lowest BCUT2D eigenvalue weighted by Crippen LogP contribution is -2.24. The molecule has 160 valence electrons. The zero-order valence-corrected chi connectivity index (χ0v) is 18.6. The second-order valence-electron chi connectivity index (χ2n) is 6.70. The molecule has 7 heteroatoms. The van der Waals surface area contributed by atoms with Gasteiger partial charge in [-0.1, -0.05) is 53.5 Å². The first-order valence-corrected chi connectivity index (χ1v) is 10.3. The molecule has 0 unspecified atom stereocenters. The van der Waals surface area contributed by atoms with E-state index in [9.17, 15) is 9.59 Å². The van der Waals surface area contributed by atoms with Crippen molar-refractivity contribution in [3.05, 3.63) is 97.4 Å². The van der Waals surface area contributed by atoms with Crippen LogP contribution in [0.5, 0.6) is 5.75 Å². The Morgan fingerprint density at radius 1 is 1.00 bits per heavy atom. The van der Waals surface area contributed by atoms with Gasteiger partial charge in [-0.15, -0.1) is 0 Å². The topological polar surface area (TPSA) is 57.5 Å². The molecule has 0 aliphatic heterocycles. The number of benzene rings is 2. The first-order valence-electron chi connectivity index (χ1n) is 9.51. The summed E-state index contributed by atoms with van der Waals surface area (Å²) in [6.45, 7) is 0.363. The average molecular weight is 458 g/mol. The second-order valence-corrected chi connectivity index (χ2v) is 7.51. The maximum absolute atomic E-state index is 12.7. The van der Waals surface area contributed by atoms with E-state index < -0.39 is 5.97 Å². The molecule has 5 nitrogen and oxygen atoms in total. The largest absolute Gasteiger partial charge is 0.496 e. The average Bonchev–Trinajstić information content (AvgIpc) is 2.79. The number of rotatable bonds is 7. The molecule has 0 N–H and O–H groups in total. The summed E-state index contributed by atoms with van der Waals surface area (Å²) in [4.78, 5) is 24.3. The predicted octanol–water partition coefficient (Wildman–Crippen LogP) is 5.36. The van der Waals surface area contributed by atoms with Gasteiger partial charge in [0, 0.05) is 12.1 Å². The minimum atomic E-state index is -0.395. The normalized spacial score (nSPS) is 11.0. The monoisotopic (exact) mass is 457 g/mol. The summed E-state index contributed by atoms with van der Waals surface area (Å²) in [5, 5.41) is 0.428. The van der Waals surface area contributed by atoms with Gasteiger partial charge in [0.25, 0.3) is 5.56 Å². The van der Waals surface area contributed by atoms with Gasteiger partial charge in [-0.2, -0.15) is 0 Å².